The van der Waals surface area contributed by atoms with Crippen molar-refractivity contribution in [2.75, 3.05) is 11.9 Å². The van der Waals surface area contributed by atoms with E-state index >= 15 is 0 Å². The Bertz CT molecular complexity index is 712. The Kier molecular flexibility index (Phi) is 5.43. The van der Waals surface area contributed by atoms with Crippen molar-refractivity contribution in [2.24, 2.45) is 0 Å². The third-order valence-electron chi connectivity index (χ3n) is 3.09. The average molecular weight is 315 g/mol. The van der Waals surface area contributed by atoms with E-state index in [1.54, 1.807) is 0 Å². The molecule has 0 aliphatic carbocycles. The highest BCUT2D eigenvalue weighted by molar-refractivity contribution is 7.73. The molecule has 0 spiro atoms. The lowest BCUT2D eigenvalue weighted by Gasteiger charge is -2.08. The molecule has 0 atom stereocenters. The summed E-state index contributed by atoms with van der Waals surface area (Å²) < 4.78 is 0.585. The summed E-state index contributed by atoms with van der Waals surface area (Å²) in [7, 11) is 0. The summed E-state index contributed by atoms with van der Waals surface area (Å²) in [6.45, 7) is 5.05. The van der Waals surface area contributed by atoms with Crippen molar-refractivity contribution < 1.29 is 0 Å². The number of unbranched alkanes of at least 4 members (excludes halogenated alkanes) is 1. The molecule has 0 unspecified atom stereocenters. The van der Waals surface area contributed by atoms with Crippen LogP contribution in [0.1, 0.15) is 30.9 Å². The molecule has 5 heteroatoms. The van der Waals surface area contributed by atoms with Crippen molar-refractivity contribution in [1.82, 2.24) is 4.98 Å². The highest BCUT2D eigenvalue weighted by Crippen LogP contribution is 2.28. The van der Waals surface area contributed by atoms with E-state index < -0.39 is 0 Å². The number of rotatable bonds is 5. The smallest absolute Gasteiger partial charge is 0.184 e. The number of benzene rings is 1. The van der Waals surface area contributed by atoms with Crippen molar-refractivity contribution in [3.63, 3.8) is 0 Å². The highest BCUT2D eigenvalue weighted by atomic mass is 32.1. The van der Waals surface area contributed by atoms with Crippen LogP contribution in [0.15, 0.2) is 24.3 Å². The van der Waals surface area contributed by atoms with Crippen LogP contribution in [0.3, 0.4) is 0 Å². The summed E-state index contributed by atoms with van der Waals surface area (Å²) in [6, 6.07) is 10.2. The van der Waals surface area contributed by atoms with E-state index in [1.807, 2.05) is 31.2 Å². The zero-order valence-corrected chi connectivity index (χ0v) is 13.8. The fourth-order valence-corrected chi connectivity index (χ4v) is 2.99. The zero-order valence-electron chi connectivity index (χ0n) is 12.1. The molecule has 2 aromatic rings. The maximum Gasteiger partial charge on any atom is 0.184 e. The van der Waals surface area contributed by atoms with Gasteiger partial charge in [-0.1, -0.05) is 66.7 Å². The number of nitrogens with zero attached hydrogens (tertiary/aromatic N) is 2. The lowest BCUT2D eigenvalue weighted by atomic mass is 10.1. The molecule has 0 fully saturated rings. The molecule has 2 rings (SSSR count). The largest absolute Gasteiger partial charge is 0.361 e. The lowest BCUT2D eigenvalue weighted by Crippen LogP contribution is -2.03. The van der Waals surface area contributed by atoms with Crippen LogP contribution >= 0.6 is 23.6 Å². The maximum atomic E-state index is 9.35. The average Bonchev–Trinajstić information content (AvgIpc) is 2.48. The molecule has 0 aliphatic rings. The molecule has 1 aromatic heterocycles. The van der Waals surface area contributed by atoms with Gasteiger partial charge < -0.3 is 5.32 Å². The van der Waals surface area contributed by atoms with E-state index in [-0.39, 0.29) is 0 Å². The van der Waals surface area contributed by atoms with Gasteiger partial charge in [0.05, 0.1) is 5.69 Å². The first-order valence-electron chi connectivity index (χ1n) is 6.92. The van der Waals surface area contributed by atoms with Crippen molar-refractivity contribution in [3.8, 4) is 17.3 Å². The second-order valence-corrected chi connectivity index (χ2v) is 6.45. The van der Waals surface area contributed by atoms with Crippen LogP contribution in [0.25, 0.3) is 11.3 Å². The summed E-state index contributed by atoms with van der Waals surface area (Å²) in [5, 5.41) is 13.4. The number of aromatic nitrogens is 1. The van der Waals surface area contributed by atoms with Crippen molar-refractivity contribution in [2.45, 2.75) is 26.7 Å². The normalized spacial score (nSPS) is 10.1. The molecule has 108 valence electrons. The minimum absolute atomic E-state index is 0.486. The van der Waals surface area contributed by atoms with Gasteiger partial charge in [-0.2, -0.15) is 5.26 Å². The van der Waals surface area contributed by atoms with Crippen LogP contribution in [-0.2, 0) is 0 Å². The van der Waals surface area contributed by atoms with Gasteiger partial charge in [0.15, 0.2) is 5.13 Å². The molecular formula is C16H17N3S2. The minimum Gasteiger partial charge on any atom is -0.361 e. The fourth-order valence-electron chi connectivity index (χ4n) is 1.88. The van der Waals surface area contributed by atoms with Crippen LogP contribution in [0.2, 0.25) is 0 Å². The minimum atomic E-state index is 0.486. The van der Waals surface area contributed by atoms with Crippen LogP contribution in [0, 0.1) is 22.1 Å². The Labute approximate surface area is 134 Å². The van der Waals surface area contributed by atoms with Gasteiger partial charge in [0.2, 0.25) is 0 Å². The van der Waals surface area contributed by atoms with Crippen LogP contribution < -0.4 is 5.32 Å². The number of hydrogen-bond donors (Lipinski definition) is 1. The third-order valence-corrected chi connectivity index (χ3v) is 4.36. The monoisotopic (exact) mass is 315 g/mol. The molecule has 0 saturated heterocycles. The van der Waals surface area contributed by atoms with Crippen LogP contribution in [0.5, 0.6) is 0 Å². The van der Waals surface area contributed by atoms with Gasteiger partial charge in [0.25, 0.3) is 0 Å². The predicted molar refractivity (Wildman–Crippen MR) is 91.2 cm³/mol. The third kappa shape index (κ3) is 3.87. The van der Waals surface area contributed by atoms with E-state index in [4.69, 9.17) is 12.2 Å². The summed E-state index contributed by atoms with van der Waals surface area (Å²) >= 11 is 6.71. The van der Waals surface area contributed by atoms with E-state index in [0.717, 1.165) is 30.1 Å². The number of anilines is 1. The van der Waals surface area contributed by atoms with Gasteiger partial charge in [0.1, 0.15) is 15.5 Å². The van der Waals surface area contributed by atoms with Gasteiger partial charge in [-0.05, 0) is 13.3 Å². The molecule has 1 N–H and O–H groups in total. The van der Waals surface area contributed by atoms with Gasteiger partial charge in [-0.15, -0.1) is 0 Å². The van der Waals surface area contributed by atoms with Gasteiger partial charge in [-0.25, -0.2) is 4.98 Å². The quantitative estimate of drug-likeness (QED) is 0.627. The molecule has 0 radical (unpaired) electrons. The van der Waals surface area contributed by atoms with Crippen LogP contribution in [-0.4, -0.2) is 11.5 Å². The SMILES string of the molecule is CCCCNc1nc(-c2ccc(C)cc2)c(C#N)c(=S)s1. The molecule has 1 aromatic carbocycles. The molecule has 1 heterocycles. The molecule has 0 amide bonds. The summed E-state index contributed by atoms with van der Waals surface area (Å²) in [4.78, 5) is 4.59. The summed E-state index contributed by atoms with van der Waals surface area (Å²) in [5.74, 6) is 0. The fraction of sp³-hybridized carbons (Fsp3) is 0.312. The van der Waals surface area contributed by atoms with E-state index in [1.165, 1.54) is 16.9 Å². The highest BCUT2D eigenvalue weighted by Gasteiger charge is 2.11. The lowest BCUT2D eigenvalue weighted by molar-refractivity contribution is 0.833. The first-order chi connectivity index (χ1) is 10.2. The number of nitrogens with one attached hydrogen (secondary N) is 1. The van der Waals surface area contributed by atoms with E-state index in [2.05, 4.69) is 23.3 Å². The van der Waals surface area contributed by atoms with Gasteiger partial charge >= 0.3 is 0 Å². The Morgan fingerprint density at radius 1 is 1.33 bits per heavy atom. The van der Waals surface area contributed by atoms with E-state index in [9.17, 15) is 5.26 Å². The zero-order chi connectivity index (χ0) is 15.2. The molecule has 0 bridgehead atoms. The molecule has 21 heavy (non-hydrogen) atoms. The number of aryl methyl sites for hydroxylation is 1. The summed E-state index contributed by atoms with van der Waals surface area (Å²) in [6.07, 6.45) is 2.21. The molecule has 0 saturated carbocycles. The van der Waals surface area contributed by atoms with Crippen molar-refractivity contribution in [3.05, 3.63) is 39.2 Å². The van der Waals surface area contributed by atoms with Crippen molar-refractivity contribution in [1.29, 1.82) is 5.26 Å². The Morgan fingerprint density at radius 3 is 2.67 bits per heavy atom. The first kappa shape index (κ1) is 15.6. The predicted octanol–water partition coefficient (Wildman–Crippen LogP) is 4.93. The van der Waals surface area contributed by atoms with Gasteiger partial charge in [-0.3, -0.25) is 0 Å². The number of nitriles is 1. The van der Waals surface area contributed by atoms with Gasteiger partial charge in [0, 0.05) is 12.1 Å². The molecule has 0 aliphatic heterocycles. The Morgan fingerprint density at radius 2 is 2.05 bits per heavy atom. The summed E-state index contributed by atoms with van der Waals surface area (Å²) in [5.41, 5.74) is 3.26. The molecular weight excluding hydrogens is 298 g/mol. The Balaban J connectivity index is 2.45. The second-order valence-electron chi connectivity index (χ2n) is 4.79. The standard InChI is InChI=1S/C16H17N3S2/c1-3-4-9-18-16-19-14(13(10-17)15(20)21-16)12-7-5-11(2)6-8-12/h5-8H,3-4,9H2,1-2H3,(H,18,19). The topological polar surface area (TPSA) is 48.7 Å². The van der Waals surface area contributed by atoms with Crippen LogP contribution in [0.4, 0.5) is 5.13 Å². The maximum absolute atomic E-state index is 9.35. The number of hydrogen-bond acceptors (Lipinski definition) is 5. The van der Waals surface area contributed by atoms with Crippen molar-refractivity contribution >= 4 is 28.7 Å². The Hall–Kier alpha value is -1.77. The first-order valence-corrected chi connectivity index (χ1v) is 8.14. The second kappa shape index (κ2) is 7.30. The van der Waals surface area contributed by atoms with E-state index in [0.29, 0.717) is 15.1 Å². The molecule has 3 nitrogen and oxygen atoms in total.